The predicted octanol–water partition coefficient (Wildman–Crippen LogP) is 2.73. The van der Waals surface area contributed by atoms with Crippen LogP contribution in [-0.2, 0) is 16.1 Å². The van der Waals surface area contributed by atoms with Crippen LogP contribution in [0.5, 0.6) is 0 Å². The molecule has 5 heteroatoms. The number of aryl methyl sites for hydroxylation is 1. The molecule has 2 fully saturated rings. The highest BCUT2D eigenvalue weighted by atomic mass is 16.2. The van der Waals surface area contributed by atoms with Gasteiger partial charge in [0, 0.05) is 45.6 Å². The number of nitrogens with zero attached hydrogens (tertiary/aromatic N) is 2. The second-order valence-corrected chi connectivity index (χ2v) is 8.06. The zero-order valence-electron chi connectivity index (χ0n) is 16.6. The molecular weight excluding hydrogens is 338 g/mol. The van der Waals surface area contributed by atoms with Gasteiger partial charge in [-0.2, -0.15) is 0 Å². The van der Waals surface area contributed by atoms with Crippen molar-refractivity contribution in [1.82, 2.24) is 15.1 Å². The largest absolute Gasteiger partial charge is 0.356 e. The lowest BCUT2D eigenvalue weighted by Gasteiger charge is -2.20. The Bertz CT molecular complexity index is 646. The van der Waals surface area contributed by atoms with E-state index in [0.29, 0.717) is 25.3 Å². The first-order chi connectivity index (χ1) is 13.1. The molecule has 2 amide bonds. The molecule has 0 bridgehead atoms. The highest BCUT2D eigenvalue weighted by molar-refractivity contribution is 5.79. The number of hydrogen-bond acceptors (Lipinski definition) is 3. The molecule has 2 aliphatic rings. The van der Waals surface area contributed by atoms with E-state index < -0.39 is 0 Å². The van der Waals surface area contributed by atoms with Crippen LogP contribution >= 0.6 is 0 Å². The smallest absolute Gasteiger partial charge is 0.222 e. The maximum atomic E-state index is 12.2. The van der Waals surface area contributed by atoms with Crippen LogP contribution in [0.25, 0.3) is 0 Å². The van der Waals surface area contributed by atoms with Crippen LogP contribution in [0.1, 0.15) is 49.7 Å². The first kappa shape index (κ1) is 19.9. The predicted molar refractivity (Wildman–Crippen MR) is 107 cm³/mol. The lowest BCUT2D eigenvalue weighted by Crippen LogP contribution is -2.36. The van der Waals surface area contributed by atoms with Gasteiger partial charge in [-0.05, 0) is 49.8 Å². The van der Waals surface area contributed by atoms with E-state index in [1.54, 1.807) is 0 Å². The average Bonchev–Trinajstić information content (AvgIpc) is 3.01. The summed E-state index contributed by atoms with van der Waals surface area (Å²) >= 11 is 0. The quantitative estimate of drug-likeness (QED) is 0.802. The van der Waals surface area contributed by atoms with E-state index in [9.17, 15) is 9.59 Å². The van der Waals surface area contributed by atoms with Crippen molar-refractivity contribution in [2.24, 2.45) is 5.92 Å². The molecule has 1 N–H and O–H groups in total. The van der Waals surface area contributed by atoms with Crippen molar-refractivity contribution in [2.75, 3.05) is 32.7 Å². The number of amides is 2. The van der Waals surface area contributed by atoms with Crippen LogP contribution in [0.2, 0.25) is 0 Å². The lowest BCUT2D eigenvalue weighted by molar-refractivity contribution is -0.131. The molecule has 2 aliphatic heterocycles. The molecule has 2 saturated heterocycles. The van der Waals surface area contributed by atoms with Gasteiger partial charge in [0.25, 0.3) is 0 Å². The Balaban J connectivity index is 1.35. The molecule has 1 aromatic rings. The van der Waals surface area contributed by atoms with E-state index in [1.165, 1.54) is 11.1 Å². The van der Waals surface area contributed by atoms with Gasteiger partial charge in [-0.15, -0.1) is 0 Å². The van der Waals surface area contributed by atoms with E-state index in [0.717, 1.165) is 58.4 Å². The molecule has 2 heterocycles. The molecule has 1 aromatic carbocycles. The van der Waals surface area contributed by atoms with E-state index in [4.69, 9.17) is 0 Å². The van der Waals surface area contributed by atoms with Crippen molar-refractivity contribution >= 4 is 11.8 Å². The zero-order chi connectivity index (χ0) is 19.1. The van der Waals surface area contributed by atoms with Crippen molar-refractivity contribution in [3.8, 4) is 0 Å². The highest BCUT2D eigenvalue weighted by Crippen LogP contribution is 2.19. The van der Waals surface area contributed by atoms with Crippen LogP contribution < -0.4 is 5.32 Å². The monoisotopic (exact) mass is 371 g/mol. The Hall–Kier alpha value is -1.88. The van der Waals surface area contributed by atoms with Gasteiger partial charge in [0.05, 0.1) is 0 Å². The van der Waals surface area contributed by atoms with Gasteiger partial charge in [-0.3, -0.25) is 14.5 Å². The SMILES string of the molecule is Cc1ccccc1CN1CC[C@@H](CNC(=O)CCN2CCCCCC2=O)C1. The Morgan fingerprint density at radius 2 is 2.04 bits per heavy atom. The fourth-order valence-corrected chi connectivity index (χ4v) is 4.11. The molecule has 0 saturated carbocycles. The first-order valence-electron chi connectivity index (χ1n) is 10.4. The van der Waals surface area contributed by atoms with Gasteiger partial charge in [0.15, 0.2) is 0 Å². The van der Waals surface area contributed by atoms with Crippen LogP contribution in [0.15, 0.2) is 24.3 Å². The number of carbonyl (C=O) groups excluding carboxylic acids is 2. The molecule has 0 radical (unpaired) electrons. The number of hydrogen-bond donors (Lipinski definition) is 1. The summed E-state index contributed by atoms with van der Waals surface area (Å²) in [6, 6.07) is 8.55. The Labute approximate surface area is 163 Å². The Morgan fingerprint density at radius 3 is 2.89 bits per heavy atom. The number of rotatable bonds is 7. The third-order valence-corrected chi connectivity index (χ3v) is 5.89. The number of benzene rings is 1. The molecule has 0 aromatic heterocycles. The van der Waals surface area contributed by atoms with Crippen molar-refractivity contribution in [3.63, 3.8) is 0 Å². The number of nitrogens with one attached hydrogen (secondary N) is 1. The second kappa shape index (κ2) is 9.88. The molecule has 27 heavy (non-hydrogen) atoms. The fraction of sp³-hybridized carbons (Fsp3) is 0.636. The number of carbonyl (C=O) groups is 2. The van der Waals surface area contributed by atoms with Gasteiger partial charge in [0.2, 0.25) is 11.8 Å². The lowest BCUT2D eigenvalue weighted by atomic mass is 10.1. The summed E-state index contributed by atoms with van der Waals surface area (Å²) in [6.07, 6.45) is 5.37. The van der Waals surface area contributed by atoms with Gasteiger partial charge >= 0.3 is 0 Å². The van der Waals surface area contributed by atoms with Gasteiger partial charge in [0.1, 0.15) is 0 Å². The van der Waals surface area contributed by atoms with Gasteiger partial charge in [-0.1, -0.05) is 30.7 Å². The van der Waals surface area contributed by atoms with Gasteiger partial charge in [-0.25, -0.2) is 0 Å². The summed E-state index contributed by atoms with van der Waals surface area (Å²) in [7, 11) is 0. The van der Waals surface area contributed by atoms with E-state index >= 15 is 0 Å². The minimum Gasteiger partial charge on any atom is -0.356 e. The molecule has 148 valence electrons. The summed E-state index contributed by atoms with van der Waals surface area (Å²) in [5.74, 6) is 0.810. The summed E-state index contributed by atoms with van der Waals surface area (Å²) < 4.78 is 0. The second-order valence-electron chi connectivity index (χ2n) is 8.06. The fourth-order valence-electron chi connectivity index (χ4n) is 4.11. The molecular formula is C22H33N3O2. The minimum absolute atomic E-state index is 0.0735. The molecule has 5 nitrogen and oxygen atoms in total. The molecule has 1 atom stereocenters. The third kappa shape index (κ3) is 6.06. The summed E-state index contributed by atoms with van der Waals surface area (Å²) in [5.41, 5.74) is 2.74. The van der Waals surface area contributed by atoms with E-state index in [-0.39, 0.29) is 11.8 Å². The summed E-state index contributed by atoms with van der Waals surface area (Å²) in [6.45, 7) is 7.41. The summed E-state index contributed by atoms with van der Waals surface area (Å²) in [4.78, 5) is 28.5. The average molecular weight is 372 g/mol. The van der Waals surface area contributed by atoms with E-state index in [1.807, 2.05) is 4.90 Å². The first-order valence-corrected chi connectivity index (χ1v) is 10.4. The van der Waals surface area contributed by atoms with Crippen LogP contribution in [0, 0.1) is 12.8 Å². The van der Waals surface area contributed by atoms with Crippen LogP contribution in [-0.4, -0.2) is 54.3 Å². The number of likely N-dealkylation sites (tertiary alicyclic amines) is 2. The normalized spacial score (nSPS) is 21.3. The summed E-state index contributed by atoms with van der Waals surface area (Å²) in [5, 5.41) is 3.09. The minimum atomic E-state index is 0.0735. The molecule has 0 spiro atoms. The topological polar surface area (TPSA) is 52.7 Å². The third-order valence-electron chi connectivity index (χ3n) is 5.89. The van der Waals surface area contributed by atoms with Crippen LogP contribution in [0.3, 0.4) is 0 Å². The van der Waals surface area contributed by atoms with Crippen molar-refractivity contribution in [3.05, 3.63) is 35.4 Å². The van der Waals surface area contributed by atoms with Crippen molar-refractivity contribution in [1.29, 1.82) is 0 Å². The Kier molecular flexibility index (Phi) is 7.27. The molecule has 0 unspecified atom stereocenters. The Morgan fingerprint density at radius 1 is 1.19 bits per heavy atom. The highest BCUT2D eigenvalue weighted by Gasteiger charge is 2.23. The molecule has 3 rings (SSSR count). The van der Waals surface area contributed by atoms with Gasteiger partial charge < -0.3 is 10.2 Å². The maximum absolute atomic E-state index is 12.2. The van der Waals surface area contributed by atoms with Crippen LogP contribution in [0.4, 0.5) is 0 Å². The standard InChI is InChI=1S/C22H33N3O2/c1-18-7-4-5-8-20(18)17-24-13-10-19(16-24)15-23-21(26)11-14-25-12-6-2-3-9-22(25)27/h4-5,7-8,19H,2-3,6,9-17H2,1H3,(H,23,26)/t19-/m0/s1. The molecule has 0 aliphatic carbocycles. The van der Waals surface area contributed by atoms with Crippen molar-refractivity contribution < 1.29 is 9.59 Å². The van der Waals surface area contributed by atoms with E-state index in [2.05, 4.69) is 41.4 Å². The van der Waals surface area contributed by atoms with Crippen molar-refractivity contribution in [2.45, 2.75) is 52.0 Å². The zero-order valence-corrected chi connectivity index (χ0v) is 16.6. The maximum Gasteiger partial charge on any atom is 0.222 e.